The van der Waals surface area contributed by atoms with Gasteiger partial charge in [0, 0.05) is 44.4 Å². The fraction of sp³-hybridized carbons (Fsp3) is 0.722. The van der Waals surface area contributed by atoms with Crippen LogP contribution in [0.25, 0.3) is 0 Å². The standard InChI is InChI=1S/C18H31N5OS/c1-4-19-18(20-9-7-16-13-25-15(3)22-16)21-10-8-17(24)23-11-5-6-14(2)12-23/h13-14H,4-12H2,1-3H3,(H2,19,20,21). The molecule has 0 aromatic carbocycles. The molecule has 1 saturated heterocycles. The number of nitrogens with one attached hydrogen (secondary N) is 2. The van der Waals surface area contributed by atoms with Gasteiger partial charge in [0.2, 0.25) is 5.91 Å². The summed E-state index contributed by atoms with van der Waals surface area (Å²) in [5.74, 6) is 1.62. The molecule has 7 heteroatoms. The minimum absolute atomic E-state index is 0.226. The normalized spacial score (nSPS) is 18.3. The van der Waals surface area contributed by atoms with Crippen LogP contribution in [0, 0.1) is 12.8 Å². The molecule has 1 unspecified atom stereocenters. The number of aryl methyl sites for hydroxylation is 1. The van der Waals surface area contributed by atoms with Crippen LogP contribution in [0.2, 0.25) is 0 Å². The van der Waals surface area contributed by atoms with Gasteiger partial charge >= 0.3 is 0 Å². The maximum absolute atomic E-state index is 12.3. The first-order chi connectivity index (χ1) is 12.1. The summed E-state index contributed by atoms with van der Waals surface area (Å²) < 4.78 is 0. The van der Waals surface area contributed by atoms with Crippen LogP contribution in [0.15, 0.2) is 10.4 Å². The van der Waals surface area contributed by atoms with Crippen LogP contribution in [0.1, 0.15) is 43.8 Å². The largest absolute Gasteiger partial charge is 0.357 e. The lowest BCUT2D eigenvalue weighted by molar-refractivity contribution is -0.132. The second kappa shape index (κ2) is 10.4. The molecule has 1 amide bonds. The summed E-state index contributed by atoms with van der Waals surface area (Å²) in [6.07, 6.45) is 3.71. The molecule has 0 aliphatic carbocycles. The van der Waals surface area contributed by atoms with Crippen LogP contribution in [0.3, 0.4) is 0 Å². The summed E-state index contributed by atoms with van der Waals surface area (Å²) in [6.45, 7) is 10.2. The molecule has 0 bridgehead atoms. The number of aromatic nitrogens is 1. The summed E-state index contributed by atoms with van der Waals surface area (Å²) in [5.41, 5.74) is 1.11. The van der Waals surface area contributed by atoms with Crippen molar-refractivity contribution in [3.05, 3.63) is 16.1 Å². The number of hydrogen-bond donors (Lipinski definition) is 2. The van der Waals surface area contributed by atoms with Crippen molar-refractivity contribution < 1.29 is 4.79 Å². The smallest absolute Gasteiger partial charge is 0.224 e. The number of carbonyl (C=O) groups excluding carboxylic acids is 1. The Morgan fingerprint density at radius 1 is 1.48 bits per heavy atom. The highest BCUT2D eigenvalue weighted by Gasteiger charge is 2.20. The van der Waals surface area contributed by atoms with E-state index in [0.29, 0.717) is 18.9 Å². The highest BCUT2D eigenvalue weighted by atomic mass is 32.1. The molecule has 1 aliphatic rings. The Morgan fingerprint density at radius 2 is 2.32 bits per heavy atom. The molecule has 2 N–H and O–H groups in total. The Kier molecular flexibility index (Phi) is 8.18. The van der Waals surface area contributed by atoms with E-state index in [2.05, 4.69) is 32.9 Å². The van der Waals surface area contributed by atoms with Gasteiger partial charge in [0.25, 0.3) is 0 Å². The zero-order valence-corrected chi connectivity index (χ0v) is 16.5. The zero-order valence-electron chi connectivity index (χ0n) is 15.7. The van der Waals surface area contributed by atoms with E-state index in [0.717, 1.165) is 55.7 Å². The molecule has 1 aromatic heterocycles. The lowest BCUT2D eigenvalue weighted by Gasteiger charge is -2.30. The van der Waals surface area contributed by atoms with Crippen LogP contribution >= 0.6 is 11.3 Å². The van der Waals surface area contributed by atoms with Gasteiger partial charge in [-0.05, 0) is 32.6 Å². The number of piperidine rings is 1. The number of nitrogens with zero attached hydrogens (tertiary/aromatic N) is 3. The average molecular weight is 366 g/mol. The van der Waals surface area contributed by atoms with Crippen LogP contribution in [-0.4, -0.2) is 54.5 Å². The molecule has 1 fully saturated rings. The summed E-state index contributed by atoms with van der Waals surface area (Å²) in [7, 11) is 0. The average Bonchev–Trinajstić information content (AvgIpc) is 3.00. The van der Waals surface area contributed by atoms with E-state index in [1.165, 1.54) is 6.42 Å². The van der Waals surface area contributed by atoms with Gasteiger partial charge in [0.05, 0.1) is 17.2 Å². The van der Waals surface area contributed by atoms with E-state index < -0.39 is 0 Å². The van der Waals surface area contributed by atoms with Crippen molar-refractivity contribution in [2.24, 2.45) is 10.9 Å². The summed E-state index contributed by atoms with van der Waals surface area (Å²) in [5, 5.41) is 9.74. The molecule has 0 saturated carbocycles. The van der Waals surface area contributed by atoms with Crippen LogP contribution in [0.5, 0.6) is 0 Å². The maximum atomic E-state index is 12.3. The molecule has 1 aliphatic heterocycles. The second-order valence-corrected chi connectivity index (χ2v) is 7.69. The third kappa shape index (κ3) is 7.02. The summed E-state index contributed by atoms with van der Waals surface area (Å²) in [4.78, 5) is 23.3. The molecule has 0 spiro atoms. The Morgan fingerprint density at radius 3 is 3.00 bits per heavy atom. The maximum Gasteiger partial charge on any atom is 0.224 e. The molecule has 6 nitrogen and oxygen atoms in total. The van der Waals surface area contributed by atoms with Crippen molar-refractivity contribution in [3.63, 3.8) is 0 Å². The van der Waals surface area contributed by atoms with Gasteiger partial charge in [-0.15, -0.1) is 11.3 Å². The number of aliphatic imine (C=N–C) groups is 1. The van der Waals surface area contributed by atoms with E-state index in [4.69, 9.17) is 0 Å². The zero-order chi connectivity index (χ0) is 18.1. The third-order valence-corrected chi connectivity index (χ3v) is 5.11. The first kappa shape index (κ1) is 19.7. The Hall–Kier alpha value is -1.63. The molecule has 1 aromatic rings. The van der Waals surface area contributed by atoms with E-state index in [1.54, 1.807) is 11.3 Å². The quantitative estimate of drug-likeness (QED) is 0.574. The van der Waals surface area contributed by atoms with Crippen LogP contribution < -0.4 is 10.6 Å². The van der Waals surface area contributed by atoms with E-state index >= 15 is 0 Å². The predicted molar refractivity (Wildman–Crippen MR) is 104 cm³/mol. The van der Waals surface area contributed by atoms with Crippen LogP contribution in [-0.2, 0) is 11.2 Å². The molecular formula is C18H31N5OS. The molecule has 2 heterocycles. The highest BCUT2D eigenvalue weighted by Crippen LogP contribution is 2.16. The Bertz CT molecular complexity index is 572. The molecular weight excluding hydrogens is 334 g/mol. The van der Waals surface area contributed by atoms with Crippen molar-refractivity contribution in [1.82, 2.24) is 20.5 Å². The van der Waals surface area contributed by atoms with Gasteiger partial charge in [0.15, 0.2) is 5.96 Å². The van der Waals surface area contributed by atoms with Gasteiger partial charge in [-0.1, -0.05) is 6.92 Å². The molecule has 0 radical (unpaired) electrons. The second-order valence-electron chi connectivity index (χ2n) is 6.63. The molecule has 1 atom stereocenters. The SMILES string of the molecule is CCNC(=NCCC(=O)N1CCCC(C)C1)NCCc1csc(C)n1. The highest BCUT2D eigenvalue weighted by molar-refractivity contribution is 7.09. The van der Waals surface area contributed by atoms with Gasteiger partial charge in [-0.2, -0.15) is 0 Å². The first-order valence-electron chi connectivity index (χ1n) is 9.29. The monoisotopic (exact) mass is 365 g/mol. The minimum atomic E-state index is 0.226. The van der Waals surface area contributed by atoms with Gasteiger partial charge in [0.1, 0.15) is 0 Å². The molecule has 140 valence electrons. The first-order valence-corrected chi connectivity index (χ1v) is 10.2. The number of carbonyl (C=O) groups is 1. The Balaban J connectivity index is 1.73. The molecule has 25 heavy (non-hydrogen) atoms. The van der Waals surface area contributed by atoms with Crippen molar-refractivity contribution in [2.45, 2.75) is 46.5 Å². The summed E-state index contributed by atoms with van der Waals surface area (Å²) >= 11 is 1.68. The number of guanidine groups is 1. The van der Waals surface area contributed by atoms with Crippen molar-refractivity contribution in [1.29, 1.82) is 0 Å². The fourth-order valence-corrected chi connectivity index (χ4v) is 3.66. The minimum Gasteiger partial charge on any atom is -0.357 e. The lowest BCUT2D eigenvalue weighted by atomic mass is 10.00. The fourth-order valence-electron chi connectivity index (χ4n) is 3.01. The van der Waals surface area contributed by atoms with Gasteiger partial charge in [-0.25, -0.2) is 4.98 Å². The predicted octanol–water partition coefficient (Wildman–Crippen LogP) is 2.20. The van der Waals surface area contributed by atoms with Crippen molar-refractivity contribution in [2.75, 3.05) is 32.7 Å². The number of rotatable bonds is 7. The van der Waals surface area contributed by atoms with E-state index in [1.807, 2.05) is 18.7 Å². The number of likely N-dealkylation sites (tertiary alicyclic amines) is 1. The summed E-state index contributed by atoms with van der Waals surface area (Å²) in [6, 6.07) is 0. The number of thiazole rings is 1. The Labute approximate surface area is 155 Å². The van der Waals surface area contributed by atoms with Crippen molar-refractivity contribution >= 4 is 23.2 Å². The van der Waals surface area contributed by atoms with Gasteiger partial charge in [-0.3, -0.25) is 9.79 Å². The third-order valence-electron chi connectivity index (χ3n) is 4.29. The molecule has 2 rings (SSSR count). The topological polar surface area (TPSA) is 69.6 Å². The number of amides is 1. The lowest BCUT2D eigenvalue weighted by Crippen LogP contribution is -2.40. The van der Waals surface area contributed by atoms with E-state index in [-0.39, 0.29) is 5.91 Å². The van der Waals surface area contributed by atoms with Crippen molar-refractivity contribution in [3.8, 4) is 0 Å². The van der Waals surface area contributed by atoms with E-state index in [9.17, 15) is 4.79 Å². The van der Waals surface area contributed by atoms with Gasteiger partial charge < -0.3 is 15.5 Å². The number of hydrogen-bond acceptors (Lipinski definition) is 4. The van der Waals surface area contributed by atoms with Crippen LogP contribution in [0.4, 0.5) is 0 Å².